The first-order chi connectivity index (χ1) is 13.7. The maximum atomic E-state index is 13.3. The van der Waals surface area contributed by atoms with Gasteiger partial charge in [-0.3, -0.25) is 9.69 Å². The Kier molecular flexibility index (Phi) is 5.66. The Morgan fingerprint density at radius 2 is 1.79 bits per heavy atom. The number of fused-ring (bicyclic) bond motifs is 1. The minimum Gasteiger partial charge on any atom is -0.352 e. The zero-order chi connectivity index (χ0) is 21.3. The van der Waals surface area contributed by atoms with Crippen molar-refractivity contribution in [1.82, 2.24) is 5.32 Å². The van der Waals surface area contributed by atoms with Gasteiger partial charge in [0.05, 0.1) is 11.4 Å². The highest BCUT2D eigenvalue weighted by Gasteiger charge is 2.43. The molecule has 3 amide bonds. The maximum Gasteiger partial charge on any atom is 0.343 e. The number of anilines is 2. The number of nitrogens with zero attached hydrogens (tertiary/aromatic N) is 2. The van der Waals surface area contributed by atoms with Crippen LogP contribution in [0, 0.1) is 13.8 Å². The van der Waals surface area contributed by atoms with Gasteiger partial charge in [-0.1, -0.05) is 25.1 Å². The molecule has 0 saturated heterocycles. The average molecular weight is 416 g/mol. The van der Waals surface area contributed by atoms with Gasteiger partial charge in [-0.15, -0.1) is 0 Å². The second-order valence-electron chi connectivity index (χ2n) is 7.25. The molecule has 1 atom stereocenters. The van der Waals surface area contributed by atoms with Crippen LogP contribution in [0.4, 0.5) is 16.2 Å². The molecule has 0 aliphatic carbocycles. The number of para-hydroxylation sites is 1. The topological polar surface area (TPSA) is 86.8 Å². The van der Waals surface area contributed by atoms with Crippen molar-refractivity contribution in [3.8, 4) is 0 Å². The lowest BCUT2D eigenvalue weighted by atomic mass is 10.1. The number of hydrogen-bond acceptors (Lipinski definition) is 4. The SMILES string of the molecule is CCC(C)NC(=O)CN1C(=O)N(c2ccc(C)c(C)c2)S(=O)(=O)c2ccccc21. The molecule has 1 aliphatic rings. The van der Waals surface area contributed by atoms with E-state index in [1.165, 1.54) is 11.0 Å². The molecule has 0 fully saturated rings. The Bertz CT molecular complexity index is 1070. The molecule has 8 heteroatoms. The quantitative estimate of drug-likeness (QED) is 0.811. The first-order valence-corrected chi connectivity index (χ1v) is 10.9. The molecule has 29 heavy (non-hydrogen) atoms. The van der Waals surface area contributed by atoms with E-state index in [0.717, 1.165) is 21.9 Å². The summed E-state index contributed by atoms with van der Waals surface area (Å²) in [7, 11) is -4.10. The zero-order valence-corrected chi connectivity index (χ0v) is 17.8. The van der Waals surface area contributed by atoms with Gasteiger partial charge in [0.15, 0.2) is 0 Å². The van der Waals surface area contributed by atoms with Crippen LogP contribution in [0.5, 0.6) is 0 Å². The Labute approximate surface area is 171 Å². The van der Waals surface area contributed by atoms with Crippen LogP contribution in [0.3, 0.4) is 0 Å². The lowest BCUT2D eigenvalue weighted by Gasteiger charge is -2.36. The number of carbonyl (C=O) groups excluding carboxylic acids is 2. The number of sulfonamides is 1. The van der Waals surface area contributed by atoms with E-state index in [1.54, 1.807) is 36.4 Å². The van der Waals surface area contributed by atoms with Crippen LogP contribution in [-0.2, 0) is 14.8 Å². The molecule has 1 aliphatic heterocycles. The summed E-state index contributed by atoms with van der Waals surface area (Å²) in [4.78, 5) is 27.0. The maximum absolute atomic E-state index is 13.3. The van der Waals surface area contributed by atoms with Crippen molar-refractivity contribution < 1.29 is 18.0 Å². The number of amides is 3. The standard InChI is InChI=1S/C21H25N3O4S/c1-5-16(4)22-20(25)13-23-18-8-6-7-9-19(18)29(27,28)24(21(23)26)17-11-10-14(2)15(3)12-17/h6-12,16H,5,13H2,1-4H3,(H,22,25). The summed E-state index contributed by atoms with van der Waals surface area (Å²) in [5.74, 6) is -0.346. The van der Waals surface area contributed by atoms with Crippen molar-refractivity contribution >= 4 is 33.3 Å². The van der Waals surface area contributed by atoms with Gasteiger partial charge in [0.1, 0.15) is 11.4 Å². The number of aryl methyl sites for hydroxylation is 2. The van der Waals surface area contributed by atoms with E-state index in [1.807, 2.05) is 27.7 Å². The summed E-state index contributed by atoms with van der Waals surface area (Å²) >= 11 is 0. The zero-order valence-electron chi connectivity index (χ0n) is 17.0. The van der Waals surface area contributed by atoms with Crippen LogP contribution in [0.2, 0.25) is 0 Å². The third-order valence-electron chi connectivity index (χ3n) is 5.13. The number of urea groups is 1. The second-order valence-corrected chi connectivity index (χ2v) is 9.01. The van der Waals surface area contributed by atoms with Crippen LogP contribution in [0.15, 0.2) is 47.4 Å². The fourth-order valence-electron chi connectivity index (χ4n) is 3.13. The predicted molar refractivity (Wildman–Crippen MR) is 113 cm³/mol. The van der Waals surface area contributed by atoms with Crippen LogP contribution in [0.25, 0.3) is 0 Å². The third kappa shape index (κ3) is 3.85. The second kappa shape index (κ2) is 7.87. The Morgan fingerprint density at radius 3 is 2.45 bits per heavy atom. The van der Waals surface area contributed by atoms with Crippen molar-refractivity contribution in [3.05, 3.63) is 53.6 Å². The van der Waals surface area contributed by atoms with E-state index >= 15 is 0 Å². The van der Waals surface area contributed by atoms with Crippen LogP contribution >= 0.6 is 0 Å². The molecule has 1 heterocycles. The van der Waals surface area contributed by atoms with Crippen molar-refractivity contribution in [2.45, 2.75) is 45.1 Å². The van der Waals surface area contributed by atoms with Crippen LogP contribution in [0.1, 0.15) is 31.4 Å². The molecule has 2 aromatic carbocycles. The van der Waals surface area contributed by atoms with E-state index in [-0.39, 0.29) is 34.8 Å². The highest BCUT2D eigenvalue weighted by Crippen LogP contribution is 2.37. The van der Waals surface area contributed by atoms with E-state index in [2.05, 4.69) is 5.32 Å². The smallest absolute Gasteiger partial charge is 0.343 e. The largest absolute Gasteiger partial charge is 0.352 e. The lowest BCUT2D eigenvalue weighted by Crippen LogP contribution is -2.54. The molecular formula is C21H25N3O4S. The molecule has 1 N–H and O–H groups in total. The molecule has 0 spiro atoms. The fraction of sp³-hybridized carbons (Fsp3) is 0.333. The molecule has 0 aromatic heterocycles. The van der Waals surface area contributed by atoms with Gasteiger partial charge in [0.25, 0.3) is 10.0 Å². The summed E-state index contributed by atoms with van der Waals surface area (Å²) in [6, 6.07) is 10.5. The van der Waals surface area contributed by atoms with E-state index in [9.17, 15) is 18.0 Å². The molecule has 0 saturated carbocycles. The monoisotopic (exact) mass is 415 g/mol. The van der Waals surface area contributed by atoms with Gasteiger partial charge in [0, 0.05) is 6.04 Å². The summed E-state index contributed by atoms with van der Waals surface area (Å²) in [5.41, 5.74) is 2.31. The normalized spacial score (nSPS) is 16.3. The number of rotatable bonds is 5. The minimum atomic E-state index is -4.10. The van der Waals surface area contributed by atoms with E-state index in [4.69, 9.17) is 0 Å². The van der Waals surface area contributed by atoms with Crippen LogP contribution in [-0.4, -0.2) is 32.9 Å². The van der Waals surface area contributed by atoms with E-state index in [0.29, 0.717) is 0 Å². The highest BCUT2D eigenvalue weighted by molar-refractivity contribution is 7.94. The molecule has 154 valence electrons. The minimum absolute atomic E-state index is 0.00540. The summed E-state index contributed by atoms with van der Waals surface area (Å²) in [5, 5.41) is 2.82. The predicted octanol–water partition coefficient (Wildman–Crippen LogP) is 3.35. The number of benzene rings is 2. The van der Waals surface area contributed by atoms with Crippen molar-refractivity contribution in [2.24, 2.45) is 0 Å². The Morgan fingerprint density at radius 1 is 1.10 bits per heavy atom. The summed E-state index contributed by atoms with van der Waals surface area (Å²) in [6.07, 6.45) is 0.749. The average Bonchev–Trinajstić information content (AvgIpc) is 2.67. The Hall–Kier alpha value is -2.87. The van der Waals surface area contributed by atoms with Gasteiger partial charge < -0.3 is 5.32 Å². The molecule has 3 rings (SSSR count). The molecule has 1 unspecified atom stereocenters. The van der Waals surface area contributed by atoms with Gasteiger partial charge in [-0.2, -0.15) is 4.31 Å². The fourth-order valence-corrected chi connectivity index (χ4v) is 4.72. The molecular weight excluding hydrogens is 390 g/mol. The van der Waals surface area contributed by atoms with Gasteiger partial charge in [0.2, 0.25) is 5.91 Å². The van der Waals surface area contributed by atoms with Crippen LogP contribution < -0.4 is 14.5 Å². The first kappa shape index (κ1) is 20.9. The van der Waals surface area contributed by atoms with Gasteiger partial charge in [-0.25, -0.2) is 13.2 Å². The molecule has 0 bridgehead atoms. The van der Waals surface area contributed by atoms with Crippen molar-refractivity contribution in [2.75, 3.05) is 15.7 Å². The molecule has 7 nitrogen and oxygen atoms in total. The number of hydrogen-bond donors (Lipinski definition) is 1. The lowest BCUT2D eigenvalue weighted by molar-refractivity contribution is -0.120. The van der Waals surface area contributed by atoms with Gasteiger partial charge in [-0.05, 0) is 62.6 Å². The number of nitrogens with one attached hydrogen (secondary N) is 1. The highest BCUT2D eigenvalue weighted by atomic mass is 32.2. The third-order valence-corrected chi connectivity index (χ3v) is 6.87. The van der Waals surface area contributed by atoms with Gasteiger partial charge >= 0.3 is 6.03 Å². The Balaban J connectivity index is 2.09. The molecule has 0 radical (unpaired) electrons. The van der Waals surface area contributed by atoms with Crippen molar-refractivity contribution in [3.63, 3.8) is 0 Å². The molecule has 2 aromatic rings. The van der Waals surface area contributed by atoms with Crippen molar-refractivity contribution in [1.29, 1.82) is 0 Å². The first-order valence-electron chi connectivity index (χ1n) is 9.49. The summed E-state index contributed by atoms with van der Waals surface area (Å²) in [6.45, 7) is 7.31. The number of carbonyl (C=O) groups is 2. The summed E-state index contributed by atoms with van der Waals surface area (Å²) < 4.78 is 27.3. The van der Waals surface area contributed by atoms with E-state index < -0.39 is 16.1 Å².